The Labute approximate surface area is 118 Å². The van der Waals surface area contributed by atoms with Crippen LogP contribution in [-0.2, 0) is 6.42 Å². The zero-order chi connectivity index (χ0) is 12.3. The second kappa shape index (κ2) is 5.86. The van der Waals surface area contributed by atoms with Gasteiger partial charge in [-0.15, -0.1) is 0 Å². The molecule has 0 aliphatic carbocycles. The maximum absolute atomic E-state index is 6.00. The summed E-state index contributed by atoms with van der Waals surface area (Å²) in [6.07, 6.45) is 2.35. The van der Waals surface area contributed by atoms with Crippen LogP contribution in [0.5, 0.6) is 0 Å². The Morgan fingerprint density at radius 3 is 2.88 bits per heavy atom. The van der Waals surface area contributed by atoms with E-state index in [9.17, 15) is 0 Å². The molecule has 3 nitrogen and oxygen atoms in total. The Balaban J connectivity index is 2.25. The van der Waals surface area contributed by atoms with Crippen molar-refractivity contribution in [2.75, 3.05) is 0 Å². The first-order valence-corrected chi connectivity index (χ1v) is 6.60. The molecule has 17 heavy (non-hydrogen) atoms. The maximum atomic E-state index is 6.00. The molecule has 1 atom stereocenters. The van der Waals surface area contributed by atoms with Gasteiger partial charge in [-0.05, 0) is 58.5 Å². The lowest BCUT2D eigenvalue weighted by Gasteiger charge is -2.17. The molecule has 1 aromatic heterocycles. The summed E-state index contributed by atoms with van der Waals surface area (Å²) in [5, 5.41) is 0.708. The third-order valence-electron chi connectivity index (χ3n) is 2.52. The average Bonchev–Trinajstić information content (AvgIpc) is 2.82. The van der Waals surface area contributed by atoms with Crippen molar-refractivity contribution in [3.05, 3.63) is 56.5 Å². The molecular formula is C12H12ClIN2O. The molecule has 1 aromatic carbocycles. The van der Waals surface area contributed by atoms with Crippen molar-refractivity contribution in [2.24, 2.45) is 5.84 Å². The minimum absolute atomic E-state index is 0.00764. The summed E-state index contributed by atoms with van der Waals surface area (Å²) >= 11 is 8.28. The van der Waals surface area contributed by atoms with E-state index in [-0.39, 0.29) is 6.04 Å². The monoisotopic (exact) mass is 362 g/mol. The van der Waals surface area contributed by atoms with Crippen molar-refractivity contribution in [2.45, 2.75) is 12.5 Å². The predicted octanol–water partition coefficient (Wildman–Crippen LogP) is 3.28. The number of hydrazine groups is 1. The molecular weight excluding hydrogens is 351 g/mol. The fraction of sp³-hybridized carbons (Fsp3) is 0.167. The first-order valence-electron chi connectivity index (χ1n) is 5.14. The van der Waals surface area contributed by atoms with Crippen LogP contribution in [0, 0.1) is 3.57 Å². The van der Waals surface area contributed by atoms with Crippen LogP contribution in [0.2, 0.25) is 5.02 Å². The molecule has 5 heteroatoms. The number of hydrogen-bond donors (Lipinski definition) is 2. The molecule has 2 aromatic rings. The molecule has 90 valence electrons. The Morgan fingerprint density at radius 1 is 1.41 bits per heavy atom. The van der Waals surface area contributed by atoms with Gasteiger partial charge in [-0.25, -0.2) is 0 Å². The highest BCUT2D eigenvalue weighted by atomic mass is 127. The molecule has 0 saturated heterocycles. The summed E-state index contributed by atoms with van der Waals surface area (Å²) < 4.78 is 6.45. The number of nitrogens with two attached hydrogens (primary N) is 1. The smallest absolute Gasteiger partial charge is 0.105 e. The largest absolute Gasteiger partial charge is 0.469 e. The Kier molecular flexibility index (Phi) is 4.44. The van der Waals surface area contributed by atoms with Crippen LogP contribution >= 0.6 is 34.2 Å². The van der Waals surface area contributed by atoms with Gasteiger partial charge in [0.1, 0.15) is 5.76 Å². The predicted molar refractivity (Wildman–Crippen MR) is 76.6 cm³/mol. The molecule has 1 unspecified atom stereocenters. The third kappa shape index (κ3) is 3.22. The highest BCUT2D eigenvalue weighted by Gasteiger charge is 2.15. The van der Waals surface area contributed by atoms with Crippen molar-refractivity contribution in [1.29, 1.82) is 0 Å². The van der Waals surface area contributed by atoms with Gasteiger partial charge in [0.25, 0.3) is 0 Å². The summed E-state index contributed by atoms with van der Waals surface area (Å²) in [6, 6.07) is 9.56. The van der Waals surface area contributed by atoms with Gasteiger partial charge < -0.3 is 4.42 Å². The van der Waals surface area contributed by atoms with Crippen LogP contribution in [0.3, 0.4) is 0 Å². The number of halogens is 2. The Hall–Kier alpha value is -0.560. The second-order valence-electron chi connectivity index (χ2n) is 3.67. The van der Waals surface area contributed by atoms with E-state index in [1.807, 2.05) is 30.3 Å². The summed E-state index contributed by atoms with van der Waals surface area (Å²) in [4.78, 5) is 0. The van der Waals surface area contributed by atoms with Gasteiger partial charge in [0.2, 0.25) is 0 Å². The van der Waals surface area contributed by atoms with Crippen molar-refractivity contribution in [3.63, 3.8) is 0 Å². The average molecular weight is 363 g/mol. The second-order valence-corrected chi connectivity index (χ2v) is 5.27. The molecule has 0 radical (unpaired) electrons. The maximum Gasteiger partial charge on any atom is 0.105 e. The number of benzene rings is 1. The topological polar surface area (TPSA) is 51.2 Å². The molecule has 2 rings (SSSR count). The lowest BCUT2D eigenvalue weighted by molar-refractivity contribution is 0.454. The third-order valence-corrected chi connectivity index (χ3v) is 3.74. The minimum Gasteiger partial charge on any atom is -0.469 e. The molecule has 1 heterocycles. The first-order chi connectivity index (χ1) is 8.20. The van der Waals surface area contributed by atoms with Crippen molar-refractivity contribution < 1.29 is 4.42 Å². The van der Waals surface area contributed by atoms with E-state index in [1.54, 1.807) is 6.26 Å². The summed E-state index contributed by atoms with van der Waals surface area (Å²) in [5.41, 5.74) is 3.88. The highest BCUT2D eigenvalue weighted by molar-refractivity contribution is 14.1. The molecule has 3 N–H and O–H groups in total. The standard InChI is InChI=1S/C12H12ClIN2O/c13-8-3-4-11(14)10(6-8)12(16-15)7-9-2-1-5-17-9/h1-6,12,16H,7,15H2. The van der Waals surface area contributed by atoms with Crippen LogP contribution in [0.15, 0.2) is 41.0 Å². The van der Waals surface area contributed by atoms with Gasteiger partial charge in [-0.3, -0.25) is 11.3 Å². The van der Waals surface area contributed by atoms with Crippen LogP contribution in [-0.4, -0.2) is 0 Å². The van der Waals surface area contributed by atoms with Crippen molar-refractivity contribution >= 4 is 34.2 Å². The van der Waals surface area contributed by atoms with E-state index < -0.39 is 0 Å². The van der Waals surface area contributed by atoms with Crippen molar-refractivity contribution in [3.8, 4) is 0 Å². The molecule has 0 spiro atoms. The normalized spacial score (nSPS) is 12.6. The summed E-state index contributed by atoms with van der Waals surface area (Å²) in [7, 11) is 0. The lowest BCUT2D eigenvalue weighted by Crippen LogP contribution is -2.30. The molecule has 0 saturated carbocycles. The quantitative estimate of drug-likeness (QED) is 0.498. The van der Waals surface area contributed by atoms with Gasteiger partial charge in [0.15, 0.2) is 0 Å². The van der Waals surface area contributed by atoms with E-state index in [0.717, 1.165) is 14.9 Å². The fourth-order valence-electron chi connectivity index (χ4n) is 1.67. The van der Waals surface area contributed by atoms with Gasteiger partial charge in [0, 0.05) is 15.0 Å². The highest BCUT2D eigenvalue weighted by Crippen LogP contribution is 2.26. The zero-order valence-corrected chi connectivity index (χ0v) is 11.9. The van der Waals surface area contributed by atoms with Gasteiger partial charge >= 0.3 is 0 Å². The number of hydrogen-bond acceptors (Lipinski definition) is 3. The fourth-order valence-corrected chi connectivity index (χ4v) is 2.56. The van der Waals surface area contributed by atoms with Gasteiger partial charge in [0.05, 0.1) is 12.3 Å². The van der Waals surface area contributed by atoms with E-state index >= 15 is 0 Å². The minimum atomic E-state index is -0.00764. The number of furan rings is 1. The number of rotatable bonds is 4. The van der Waals surface area contributed by atoms with Crippen LogP contribution in [0.4, 0.5) is 0 Å². The summed E-state index contributed by atoms with van der Waals surface area (Å²) in [5.74, 6) is 6.49. The lowest BCUT2D eigenvalue weighted by atomic mass is 10.0. The summed E-state index contributed by atoms with van der Waals surface area (Å²) in [6.45, 7) is 0. The zero-order valence-electron chi connectivity index (χ0n) is 8.99. The van der Waals surface area contributed by atoms with Crippen LogP contribution in [0.1, 0.15) is 17.4 Å². The molecule has 0 aliphatic heterocycles. The van der Waals surface area contributed by atoms with Gasteiger partial charge in [-0.1, -0.05) is 11.6 Å². The molecule has 0 fully saturated rings. The Bertz CT molecular complexity index is 487. The molecule has 0 amide bonds. The van der Waals surface area contributed by atoms with Gasteiger partial charge in [-0.2, -0.15) is 0 Å². The van der Waals surface area contributed by atoms with E-state index in [4.69, 9.17) is 21.9 Å². The van der Waals surface area contributed by atoms with E-state index in [0.29, 0.717) is 11.4 Å². The SMILES string of the molecule is NNC(Cc1ccco1)c1cc(Cl)ccc1I. The Morgan fingerprint density at radius 2 is 2.24 bits per heavy atom. The van der Waals surface area contributed by atoms with Crippen molar-refractivity contribution in [1.82, 2.24) is 5.43 Å². The number of nitrogens with one attached hydrogen (secondary N) is 1. The van der Waals surface area contributed by atoms with E-state index in [2.05, 4.69) is 28.0 Å². The first kappa shape index (κ1) is 12.9. The van der Waals surface area contributed by atoms with Crippen LogP contribution in [0.25, 0.3) is 0 Å². The van der Waals surface area contributed by atoms with Crippen LogP contribution < -0.4 is 11.3 Å². The molecule has 0 aliphatic rings. The van der Waals surface area contributed by atoms with E-state index in [1.165, 1.54) is 0 Å². The molecule has 0 bridgehead atoms.